The molecule has 0 unspecified atom stereocenters. The fourth-order valence-corrected chi connectivity index (χ4v) is 2.53. The molecule has 3 aromatic rings. The second-order valence-corrected chi connectivity index (χ2v) is 5.35. The van der Waals surface area contributed by atoms with Gasteiger partial charge < -0.3 is 15.4 Å². The number of nitrogens with zero attached hydrogens (tertiary/aromatic N) is 1. The van der Waals surface area contributed by atoms with Crippen LogP contribution in [0.1, 0.15) is 12.8 Å². The van der Waals surface area contributed by atoms with Crippen molar-refractivity contribution in [2.75, 3.05) is 13.1 Å². The summed E-state index contributed by atoms with van der Waals surface area (Å²) in [5.41, 5.74) is 1.32. The number of rotatable bonds is 0. The number of aliphatic hydroxyl groups is 1. The molecule has 116 valence electrons. The summed E-state index contributed by atoms with van der Waals surface area (Å²) in [6.07, 6.45) is 2.97. The molecular formula is C16H17F2N3O. The van der Waals surface area contributed by atoms with E-state index in [9.17, 15) is 8.78 Å². The summed E-state index contributed by atoms with van der Waals surface area (Å²) >= 11 is 0. The molecule has 1 fully saturated rings. The summed E-state index contributed by atoms with van der Waals surface area (Å²) in [4.78, 5) is 6.88. The minimum Gasteiger partial charge on any atom is -0.393 e. The number of hydrogen-bond donors (Lipinski definition) is 3. The largest absolute Gasteiger partial charge is 0.393 e. The Balaban J connectivity index is 0.000000174. The molecule has 0 saturated carbocycles. The molecule has 3 N–H and O–H groups in total. The molecule has 0 atom stereocenters. The summed E-state index contributed by atoms with van der Waals surface area (Å²) in [7, 11) is 0. The van der Waals surface area contributed by atoms with Crippen molar-refractivity contribution in [1.82, 2.24) is 15.3 Å². The average Bonchev–Trinajstić information content (AvgIpc) is 2.86. The number of nitrogens with one attached hydrogen (secondary N) is 2. The van der Waals surface area contributed by atoms with Gasteiger partial charge in [0.25, 0.3) is 0 Å². The van der Waals surface area contributed by atoms with Crippen molar-refractivity contribution in [3.63, 3.8) is 0 Å². The minimum absolute atomic E-state index is 0.0266. The van der Waals surface area contributed by atoms with Gasteiger partial charge in [-0.1, -0.05) is 0 Å². The highest BCUT2D eigenvalue weighted by atomic mass is 19.1. The van der Waals surface area contributed by atoms with E-state index in [2.05, 4.69) is 15.3 Å². The normalized spacial score (nSPS) is 15.8. The topological polar surface area (TPSA) is 60.9 Å². The highest BCUT2D eigenvalue weighted by Crippen LogP contribution is 2.24. The summed E-state index contributed by atoms with van der Waals surface area (Å²) < 4.78 is 26.0. The lowest BCUT2D eigenvalue weighted by atomic mass is 10.1. The highest BCUT2D eigenvalue weighted by molar-refractivity contribution is 6.05. The van der Waals surface area contributed by atoms with Crippen molar-refractivity contribution in [2.24, 2.45) is 0 Å². The summed E-state index contributed by atoms with van der Waals surface area (Å²) in [5.74, 6) is -0.764. The molecule has 4 nitrogen and oxygen atoms in total. The maximum atomic E-state index is 13.0. The van der Waals surface area contributed by atoms with Gasteiger partial charge in [-0.2, -0.15) is 0 Å². The number of fused-ring (bicyclic) bond motifs is 3. The zero-order chi connectivity index (χ0) is 15.5. The van der Waals surface area contributed by atoms with Crippen LogP contribution in [0.2, 0.25) is 0 Å². The lowest BCUT2D eigenvalue weighted by molar-refractivity contribution is 0.137. The smallest absolute Gasteiger partial charge is 0.142 e. The number of halogens is 2. The van der Waals surface area contributed by atoms with Gasteiger partial charge in [-0.25, -0.2) is 13.8 Å². The Morgan fingerprint density at radius 3 is 2.45 bits per heavy atom. The molecule has 1 aliphatic heterocycles. The second-order valence-electron chi connectivity index (χ2n) is 5.35. The first-order valence-electron chi connectivity index (χ1n) is 7.25. The fourth-order valence-electron chi connectivity index (χ4n) is 2.53. The minimum atomic E-state index is -0.423. The van der Waals surface area contributed by atoms with Gasteiger partial charge in [-0.3, -0.25) is 0 Å². The first kappa shape index (κ1) is 14.9. The van der Waals surface area contributed by atoms with Crippen LogP contribution in [0, 0.1) is 11.6 Å². The molecule has 0 spiro atoms. The van der Waals surface area contributed by atoms with Crippen molar-refractivity contribution < 1.29 is 13.9 Å². The van der Waals surface area contributed by atoms with Crippen LogP contribution in [0.15, 0.2) is 30.5 Å². The van der Waals surface area contributed by atoms with E-state index in [0.29, 0.717) is 16.4 Å². The van der Waals surface area contributed by atoms with Gasteiger partial charge in [0.2, 0.25) is 0 Å². The highest BCUT2D eigenvalue weighted by Gasteiger charge is 2.07. The Labute approximate surface area is 126 Å². The molecule has 1 saturated heterocycles. The van der Waals surface area contributed by atoms with Crippen LogP contribution in [-0.4, -0.2) is 34.3 Å². The number of hydrogen-bond acceptors (Lipinski definition) is 3. The van der Waals surface area contributed by atoms with Crippen molar-refractivity contribution in [1.29, 1.82) is 0 Å². The van der Waals surface area contributed by atoms with Crippen LogP contribution < -0.4 is 5.32 Å². The van der Waals surface area contributed by atoms with Crippen molar-refractivity contribution >= 4 is 21.9 Å². The molecule has 4 rings (SSSR count). The fraction of sp³-hybridized carbons (Fsp3) is 0.312. The average molecular weight is 305 g/mol. The maximum absolute atomic E-state index is 13.0. The third-order valence-corrected chi connectivity index (χ3v) is 3.69. The third kappa shape index (κ3) is 3.23. The van der Waals surface area contributed by atoms with Gasteiger partial charge in [-0.05, 0) is 50.2 Å². The molecule has 6 heteroatoms. The van der Waals surface area contributed by atoms with Gasteiger partial charge in [-0.15, -0.1) is 0 Å². The molecule has 3 heterocycles. The van der Waals surface area contributed by atoms with E-state index < -0.39 is 5.82 Å². The summed E-state index contributed by atoms with van der Waals surface area (Å²) in [5, 5.41) is 13.3. The molecular weight excluding hydrogens is 288 g/mol. The number of aliphatic hydroxyl groups excluding tert-OH is 1. The van der Waals surface area contributed by atoms with Gasteiger partial charge in [0.05, 0.1) is 12.3 Å². The van der Waals surface area contributed by atoms with Gasteiger partial charge in [0, 0.05) is 16.3 Å². The predicted octanol–water partition coefficient (Wildman–Crippen LogP) is 2.73. The lowest BCUT2D eigenvalue weighted by Gasteiger charge is -2.16. The number of pyridine rings is 1. The second kappa shape index (κ2) is 6.37. The molecule has 22 heavy (non-hydrogen) atoms. The Morgan fingerprint density at radius 1 is 1.05 bits per heavy atom. The number of H-pyrrole nitrogens is 1. The first-order valence-corrected chi connectivity index (χ1v) is 7.25. The van der Waals surface area contributed by atoms with E-state index in [4.69, 9.17) is 5.11 Å². The molecule has 2 aromatic heterocycles. The number of aromatic nitrogens is 2. The Kier molecular flexibility index (Phi) is 4.31. The summed E-state index contributed by atoms with van der Waals surface area (Å²) in [6, 6.07) is 5.69. The van der Waals surface area contributed by atoms with Gasteiger partial charge >= 0.3 is 0 Å². The molecule has 0 aliphatic carbocycles. The van der Waals surface area contributed by atoms with Crippen molar-refractivity contribution in [2.45, 2.75) is 18.9 Å². The SMILES string of the molecule is Fc1ccc2[nH]c3ncc(F)cc3c2c1.OC1CCNCC1. The van der Waals surface area contributed by atoms with E-state index in [0.717, 1.165) is 37.6 Å². The number of piperidine rings is 1. The molecule has 0 amide bonds. The third-order valence-electron chi connectivity index (χ3n) is 3.69. The van der Waals surface area contributed by atoms with Gasteiger partial charge in [0.15, 0.2) is 0 Å². The Bertz CT molecular complexity index is 725. The van der Waals surface area contributed by atoms with E-state index >= 15 is 0 Å². The zero-order valence-corrected chi connectivity index (χ0v) is 11.9. The van der Waals surface area contributed by atoms with Crippen LogP contribution in [-0.2, 0) is 0 Å². The van der Waals surface area contributed by atoms with E-state index in [1.165, 1.54) is 18.2 Å². The zero-order valence-electron chi connectivity index (χ0n) is 11.9. The van der Waals surface area contributed by atoms with Crippen LogP contribution in [0.25, 0.3) is 21.9 Å². The van der Waals surface area contributed by atoms with Crippen LogP contribution in [0.4, 0.5) is 8.78 Å². The Morgan fingerprint density at radius 2 is 1.77 bits per heavy atom. The van der Waals surface area contributed by atoms with Crippen molar-refractivity contribution in [3.05, 3.63) is 42.1 Å². The van der Waals surface area contributed by atoms with Crippen molar-refractivity contribution in [3.8, 4) is 0 Å². The molecule has 0 bridgehead atoms. The standard InChI is InChI=1S/C11H6F2N2.C5H11NO/c12-6-1-2-10-8(3-6)9-4-7(13)5-14-11(9)15-10;7-5-1-3-6-4-2-5/h1-5H,(H,14,15);5-7H,1-4H2. The molecule has 1 aromatic carbocycles. The van der Waals surface area contributed by atoms with E-state index in [-0.39, 0.29) is 11.9 Å². The Hall–Kier alpha value is -2.05. The van der Waals surface area contributed by atoms with Crippen LogP contribution in [0.3, 0.4) is 0 Å². The molecule has 0 radical (unpaired) electrons. The van der Waals surface area contributed by atoms with Crippen LogP contribution >= 0.6 is 0 Å². The number of aromatic amines is 1. The monoisotopic (exact) mass is 305 g/mol. The molecule has 1 aliphatic rings. The lowest BCUT2D eigenvalue weighted by Crippen LogP contribution is -2.30. The predicted molar refractivity (Wildman–Crippen MR) is 81.6 cm³/mol. The first-order chi connectivity index (χ1) is 10.6. The van der Waals surface area contributed by atoms with Crippen LogP contribution in [0.5, 0.6) is 0 Å². The van der Waals surface area contributed by atoms with Gasteiger partial charge in [0.1, 0.15) is 17.3 Å². The van der Waals surface area contributed by atoms with E-state index in [1.54, 1.807) is 6.07 Å². The quantitative estimate of drug-likeness (QED) is 0.598. The summed E-state index contributed by atoms with van der Waals surface area (Å²) in [6.45, 7) is 1.97. The maximum Gasteiger partial charge on any atom is 0.142 e. The van der Waals surface area contributed by atoms with E-state index in [1.807, 2.05) is 0 Å². The number of benzene rings is 1.